The third kappa shape index (κ3) is 2.02. The van der Waals surface area contributed by atoms with E-state index in [-0.39, 0.29) is 11.1 Å². The minimum absolute atomic E-state index is 0.126. The summed E-state index contributed by atoms with van der Waals surface area (Å²) in [6, 6.07) is 8.20. The summed E-state index contributed by atoms with van der Waals surface area (Å²) in [5, 5.41) is 4.11. The van der Waals surface area contributed by atoms with E-state index in [9.17, 15) is 4.39 Å². The Bertz CT molecular complexity index is 757. The molecule has 0 amide bonds. The van der Waals surface area contributed by atoms with E-state index in [1.54, 1.807) is 30.5 Å². The van der Waals surface area contributed by atoms with Gasteiger partial charge < -0.3 is 4.74 Å². The van der Waals surface area contributed by atoms with Crippen molar-refractivity contribution in [3.05, 3.63) is 47.6 Å². The monoisotopic (exact) mass is 277 g/mol. The molecule has 0 saturated carbocycles. The molecule has 4 nitrogen and oxygen atoms in total. The fraction of sp³-hybridized carbons (Fsp3) is 0.0769. The van der Waals surface area contributed by atoms with Gasteiger partial charge in [-0.05, 0) is 35.9 Å². The summed E-state index contributed by atoms with van der Waals surface area (Å²) in [4.78, 5) is 4.09. The van der Waals surface area contributed by atoms with Gasteiger partial charge in [-0.15, -0.1) is 5.10 Å². The first kappa shape index (κ1) is 11.9. The van der Waals surface area contributed by atoms with Crippen molar-refractivity contribution in [1.29, 1.82) is 0 Å². The van der Waals surface area contributed by atoms with Crippen LogP contribution in [0, 0.1) is 5.82 Å². The number of benzene rings is 1. The molecule has 2 heterocycles. The quantitative estimate of drug-likeness (QED) is 0.722. The van der Waals surface area contributed by atoms with Crippen molar-refractivity contribution in [3.8, 4) is 16.9 Å². The lowest BCUT2D eigenvalue weighted by Crippen LogP contribution is -1.92. The van der Waals surface area contributed by atoms with E-state index in [1.807, 2.05) is 0 Å². The number of hydrogen-bond acceptors (Lipinski definition) is 3. The third-order valence-electron chi connectivity index (χ3n) is 2.80. The zero-order chi connectivity index (χ0) is 13.4. The molecule has 0 bridgehead atoms. The van der Waals surface area contributed by atoms with Gasteiger partial charge in [-0.3, -0.25) is 0 Å². The van der Waals surface area contributed by atoms with E-state index < -0.39 is 0 Å². The molecular formula is C13H9ClFN3O. The van der Waals surface area contributed by atoms with Crippen molar-refractivity contribution in [2.45, 2.75) is 0 Å². The number of rotatable bonds is 2. The molecule has 2 aromatic heterocycles. The van der Waals surface area contributed by atoms with E-state index >= 15 is 0 Å². The van der Waals surface area contributed by atoms with Gasteiger partial charge in [0.2, 0.25) is 5.28 Å². The van der Waals surface area contributed by atoms with Crippen molar-refractivity contribution >= 4 is 17.2 Å². The summed E-state index contributed by atoms with van der Waals surface area (Å²) in [6.45, 7) is 0. The highest BCUT2D eigenvalue weighted by molar-refractivity contribution is 6.28. The average molecular weight is 278 g/mol. The molecule has 0 N–H and O–H groups in total. The summed E-state index contributed by atoms with van der Waals surface area (Å²) < 4.78 is 20.6. The first-order valence-corrected chi connectivity index (χ1v) is 5.91. The normalized spacial score (nSPS) is 10.9. The summed E-state index contributed by atoms with van der Waals surface area (Å²) in [5.74, 6) is 0.0827. The van der Waals surface area contributed by atoms with Gasteiger partial charge in [0, 0.05) is 23.4 Å². The fourth-order valence-electron chi connectivity index (χ4n) is 1.93. The SMILES string of the molecule is COc1ccc(-c2cccn3nc(Cl)nc23)c(F)c1. The van der Waals surface area contributed by atoms with E-state index in [0.29, 0.717) is 22.5 Å². The maximum absolute atomic E-state index is 14.1. The average Bonchev–Trinajstić information content (AvgIpc) is 2.78. The van der Waals surface area contributed by atoms with Crippen LogP contribution in [0.2, 0.25) is 5.28 Å². The summed E-state index contributed by atoms with van der Waals surface area (Å²) in [6.07, 6.45) is 1.71. The van der Waals surface area contributed by atoms with Gasteiger partial charge in [0.25, 0.3) is 0 Å². The summed E-state index contributed by atoms with van der Waals surface area (Å²) in [5.41, 5.74) is 1.56. The summed E-state index contributed by atoms with van der Waals surface area (Å²) in [7, 11) is 1.49. The Morgan fingerprint density at radius 3 is 2.84 bits per heavy atom. The Hall–Kier alpha value is -2.14. The van der Waals surface area contributed by atoms with Gasteiger partial charge >= 0.3 is 0 Å². The van der Waals surface area contributed by atoms with Gasteiger partial charge in [-0.25, -0.2) is 8.91 Å². The van der Waals surface area contributed by atoms with Gasteiger partial charge in [-0.2, -0.15) is 4.98 Å². The largest absolute Gasteiger partial charge is 0.497 e. The molecule has 0 radical (unpaired) electrons. The number of hydrogen-bond donors (Lipinski definition) is 0. The molecule has 0 aliphatic carbocycles. The van der Waals surface area contributed by atoms with Crippen LogP contribution in [0.25, 0.3) is 16.8 Å². The first-order chi connectivity index (χ1) is 9.19. The van der Waals surface area contributed by atoms with Crippen LogP contribution < -0.4 is 4.74 Å². The molecule has 19 heavy (non-hydrogen) atoms. The Morgan fingerprint density at radius 1 is 1.26 bits per heavy atom. The van der Waals surface area contributed by atoms with Gasteiger partial charge in [0.1, 0.15) is 11.6 Å². The Labute approximate surface area is 113 Å². The third-order valence-corrected chi connectivity index (χ3v) is 2.96. The maximum Gasteiger partial charge on any atom is 0.243 e. The van der Waals surface area contributed by atoms with Crippen LogP contribution in [0.3, 0.4) is 0 Å². The van der Waals surface area contributed by atoms with Crippen molar-refractivity contribution < 1.29 is 9.13 Å². The first-order valence-electron chi connectivity index (χ1n) is 5.54. The van der Waals surface area contributed by atoms with Gasteiger partial charge in [0.15, 0.2) is 5.65 Å². The van der Waals surface area contributed by atoms with Crippen LogP contribution in [-0.4, -0.2) is 21.7 Å². The Balaban J connectivity index is 2.24. The summed E-state index contributed by atoms with van der Waals surface area (Å²) >= 11 is 5.77. The number of fused-ring (bicyclic) bond motifs is 1. The number of ether oxygens (including phenoxy) is 1. The van der Waals surface area contributed by atoms with Crippen molar-refractivity contribution in [3.63, 3.8) is 0 Å². The number of methoxy groups -OCH3 is 1. The molecule has 3 aromatic rings. The van der Waals surface area contributed by atoms with E-state index in [1.165, 1.54) is 17.7 Å². The molecule has 0 spiro atoms. The number of aromatic nitrogens is 3. The molecule has 0 atom stereocenters. The topological polar surface area (TPSA) is 39.4 Å². The molecule has 1 aromatic carbocycles. The molecular weight excluding hydrogens is 269 g/mol. The van der Waals surface area contributed by atoms with E-state index in [4.69, 9.17) is 16.3 Å². The second kappa shape index (κ2) is 4.51. The van der Waals surface area contributed by atoms with E-state index in [0.717, 1.165) is 0 Å². The number of nitrogens with zero attached hydrogens (tertiary/aromatic N) is 3. The number of pyridine rings is 1. The Morgan fingerprint density at radius 2 is 2.11 bits per heavy atom. The second-order valence-electron chi connectivity index (χ2n) is 3.92. The minimum Gasteiger partial charge on any atom is -0.497 e. The molecule has 6 heteroatoms. The van der Waals surface area contributed by atoms with Gasteiger partial charge in [0.05, 0.1) is 7.11 Å². The highest BCUT2D eigenvalue weighted by Gasteiger charge is 2.12. The Kier molecular flexibility index (Phi) is 2.83. The zero-order valence-corrected chi connectivity index (χ0v) is 10.7. The smallest absolute Gasteiger partial charge is 0.243 e. The van der Waals surface area contributed by atoms with Crippen LogP contribution in [0.4, 0.5) is 4.39 Å². The van der Waals surface area contributed by atoms with Crippen LogP contribution >= 0.6 is 11.6 Å². The fourth-order valence-corrected chi connectivity index (χ4v) is 2.09. The van der Waals surface area contributed by atoms with E-state index in [2.05, 4.69) is 10.1 Å². The van der Waals surface area contributed by atoms with Crippen molar-refractivity contribution in [2.24, 2.45) is 0 Å². The molecule has 0 fully saturated rings. The number of halogens is 2. The maximum atomic E-state index is 14.1. The standard InChI is InChI=1S/C13H9ClFN3O/c1-19-8-4-5-9(11(15)7-8)10-3-2-6-18-12(10)16-13(14)17-18/h2-7H,1H3. The predicted molar refractivity (Wildman–Crippen MR) is 69.9 cm³/mol. The highest BCUT2D eigenvalue weighted by Crippen LogP contribution is 2.29. The highest BCUT2D eigenvalue weighted by atomic mass is 35.5. The van der Waals surface area contributed by atoms with Crippen LogP contribution in [0.15, 0.2) is 36.5 Å². The van der Waals surface area contributed by atoms with Crippen LogP contribution in [-0.2, 0) is 0 Å². The molecule has 0 unspecified atom stereocenters. The second-order valence-corrected chi connectivity index (χ2v) is 4.25. The predicted octanol–water partition coefficient (Wildman–Crippen LogP) is 3.20. The van der Waals surface area contributed by atoms with Crippen LogP contribution in [0.1, 0.15) is 0 Å². The lowest BCUT2D eigenvalue weighted by atomic mass is 10.1. The van der Waals surface area contributed by atoms with Crippen molar-refractivity contribution in [1.82, 2.24) is 14.6 Å². The lowest BCUT2D eigenvalue weighted by molar-refractivity contribution is 0.411. The zero-order valence-electron chi connectivity index (χ0n) is 9.97. The van der Waals surface area contributed by atoms with Crippen LogP contribution in [0.5, 0.6) is 5.75 Å². The van der Waals surface area contributed by atoms with Crippen molar-refractivity contribution in [2.75, 3.05) is 7.11 Å². The minimum atomic E-state index is -0.383. The molecule has 0 aliphatic heterocycles. The molecule has 0 aliphatic rings. The molecule has 96 valence electrons. The molecule has 3 rings (SSSR count). The van der Waals surface area contributed by atoms with Gasteiger partial charge in [-0.1, -0.05) is 0 Å². The lowest BCUT2D eigenvalue weighted by Gasteiger charge is -2.06. The molecule has 0 saturated heterocycles.